The second kappa shape index (κ2) is 20.9. The zero-order valence-electron chi connectivity index (χ0n) is 33.1. The number of nitrogens with two attached hydrogens (primary N) is 1. The van der Waals surface area contributed by atoms with Gasteiger partial charge in [-0.15, -0.1) is 0 Å². The third kappa shape index (κ3) is 12.1. The minimum atomic E-state index is -3.83. The van der Waals surface area contributed by atoms with Crippen LogP contribution in [0, 0.1) is 23.3 Å². The van der Waals surface area contributed by atoms with E-state index < -0.39 is 54.8 Å². The van der Waals surface area contributed by atoms with Crippen molar-refractivity contribution >= 4 is 76.5 Å². The molecule has 23 heteroatoms. The number of carbonyl (C=O) groups is 2. The summed E-state index contributed by atoms with van der Waals surface area (Å²) in [6.07, 6.45) is 1.82. The minimum Gasteiger partial charge on any atom is -0.379 e. The van der Waals surface area contributed by atoms with Gasteiger partial charge in [0.05, 0.1) is 42.5 Å². The number of nitrogens with one attached hydrogen (secondary N) is 3. The quantitative estimate of drug-likeness (QED) is 0.111. The Morgan fingerprint density at radius 2 is 1.06 bits per heavy atom. The number of anilines is 2. The summed E-state index contributed by atoms with van der Waals surface area (Å²) in [5.74, 6) is -3.06. The van der Waals surface area contributed by atoms with Crippen molar-refractivity contribution in [1.82, 2.24) is 13.3 Å². The molecule has 4 aromatic rings. The Kier molecular flexibility index (Phi) is 16.1. The standard InChI is InChI=1S/C20H20ClF2N3O4S.C16H13ClF2N2O.C4H8ClNO3S/c21-15-11-12(1-4-16(15)22)24-20(27)14-2-5-17(23)19-13(14)3-6-18(19)25-31(28,29)26-7-9-30-10-8-26;17-11-7-8(1-4-12(11)18)21-16(22)10-2-5-13(19)15-9(10)3-6-14(15)20;5-10(7,8)6-1-3-9-4-2-6/h1-2,4-5,11,18,25H,3,6-10H2,(H,24,27);1-2,4-5,7,14H,3,6,20H2,(H,21,22);1-4H2/t18-;14-;/m00./s1. The van der Waals surface area contributed by atoms with E-state index in [2.05, 4.69) is 15.4 Å². The molecular formula is C40H41Cl3F4N6O8S2. The van der Waals surface area contributed by atoms with Crippen LogP contribution >= 0.6 is 33.9 Å². The Morgan fingerprint density at radius 1 is 0.635 bits per heavy atom. The first-order valence-corrected chi connectivity index (χ1v) is 23.8. The summed E-state index contributed by atoms with van der Waals surface area (Å²) in [6.45, 7) is 2.65. The van der Waals surface area contributed by atoms with Crippen LogP contribution in [0.25, 0.3) is 0 Å². The van der Waals surface area contributed by atoms with Crippen molar-refractivity contribution < 1.29 is 53.5 Å². The maximum absolute atomic E-state index is 14.7. The number of ether oxygens (including phenoxy) is 2. The van der Waals surface area contributed by atoms with Gasteiger partial charge >= 0.3 is 0 Å². The summed E-state index contributed by atoms with van der Waals surface area (Å²) in [6, 6.07) is 11.7. The first-order chi connectivity index (χ1) is 29.8. The highest BCUT2D eigenvalue weighted by atomic mass is 35.7. The monoisotopic (exact) mass is 978 g/mol. The Labute approximate surface area is 375 Å². The first kappa shape index (κ1) is 48.5. The van der Waals surface area contributed by atoms with Gasteiger partial charge in [-0.3, -0.25) is 9.59 Å². The van der Waals surface area contributed by atoms with E-state index in [0.717, 1.165) is 12.1 Å². The van der Waals surface area contributed by atoms with Gasteiger partial charge in [0.1, 0.15) is 23.3 Å². The van der Waals surface area contributed by atoms with Crippen molar-refractivity contribution in [2.45, 2.75) is 37.8 Å². The lowest BCUT2D eigenvalue weighted by Gasteiger charge is -2.28. The maximum Gasteiger partial charge on any atom is 0.299 e. The van der Waals surface area contributed by atoms with E-state index in [1.165, 1.54) is 57.1 Å². The van der Waals surface area contributed by atoms with Gasteiger partial charge in [0, 0.05) is 76.5 Å². The minimum absolute atomic E-state index is 0.0795. The number of rotatable bonds is 8. The molecule has 0 spiro atoms. The highest BCUT2D eigenvalue weighted by molar-refractivity contribution is 8.11. The predicted molar refractivity (Wildman–Crippen MR) is 229 cm³/mol. The van der Waals surface area contributed by atoms with Gasteiger partial charge in [0.25, 0.3) is 31.3 Å². The van der Waals surface area contributed by atoms with Crippen molar-refractivity contribution in [2.24, 2.45) is 5.73 Å². The van der Waals surface area contributed by atoms with Crippen LogP contribution in [-0.4, -0.2) is 89.9 Å². The van der Waals surface area contributed by atoms with Gasteiger partial charge in [-0.05, 0) is 97.5 Å². The molecule has 2 atom stereocenters. The number of fused-ring (bicyclic) bond motifs is 2. The predicted octanol–water partition coefficient (Wildman–Crippen LogP) is 6.64. The van der Waals surface area contributed by atoms with E-state index in [-0.39, 0.29) is 51.8 Å². The van der Waals surface area contributed by atoms with Gasteiger partial charge in [-0.25, -0.2) is 17.6 Å². The molecule has 4 aromatic carbocycles. The number of halogens is 7. The van der Waals surface area contributed by atoms with E-state index in [9.17, 15) is 44.0 Å². The van der Waals surface area contributed by atoms with Crippen LogP contribution < -0.4 is 21.1 Å². The molecule has 2 aliphatic carbocycles. The number of benzene rings is 4. The van der Waals surface area contributed by atoms with E-state index in [4.69, 9.17) is 49.1 Å². The largest absolute Gasteiger partial charge is 0.379 e. The lowest BCUT2D eigenvalue weighted by Crippen LogP contribution is -2.47. The van der Waals surface area contributed by atoms with Crippen LogP contribution in [-0.2, 0) is 41.8 Å². The molecule has 63 heavy (non-hydrogen) atoms. The maximum atomic E-state index is 14.7. The second-order valence-corrected chi connectivity index (χ2v) is 19.5. The molecule has 0 aromatic heterocycles. The van der Waals surface area contributed by atoms with Crippen LogP contribution in [0.3, 0.4) is 0 Å². The van der Waals surface area contributed by atoms with Gasteiger partial charge in [-0.2, -0.15) is 30.2 Å². The molecule has 2 fully saturated rings. The normalized spacial score (nSPS) is 18.9. The highest BCUT2D eigenvalue weighted by Crippen LogP contribution is 2.37. The van der Waals surface area contributed by atoms with Crippen LogP contribution in [0.2, 0.25) is 10.0 Å². The average Bonchev–Trinajstić information content (AvgIpc) is 3.86. The molecule has 0 saturated carbocycles. The fourth-order valence-corrected chi connectivity index (χ4v) is 10.1. The van der Waals surface area contributed by atoms with Gasteiger partial charge in [0.2, 0.25) is 0 Å². The van der Waals surface area contributed by atoms with Gasteiger partial charge in [-0.1, -0.05) is 23.2 Å². The van der Waals surface area contributed by atoms with Crippen molar-refractivity contribution in [1.29, 1.82) is 0 Å². The zero-order chi connectivity index (χ0) is 45.6. The molecule has 5 N–H and O–H groups in total. The topological polar surface area (TPSA) is 189 Å². The molecule has 8 rings (SSSR count). The molecule has 0 unspecified atom stereocenters. The van der Waals surface area contributed by atoms with E-state index in [0.29, 0.717) is 93.1 Å². The first-order valence-electron chi connectivity index (χ1n) is 19.4. The third-order valence-electron chi connectivity index (χ3n) is 10.4. The van der Waals surface area contributed by atoms with Gasteiger partial charge in [0.15, 0.2) is 0 Å². The summed E-state index contributed by atoms with van der Waals surface area (Å²) in [4.78, 5) is 25.2. The van der Waals surface area contributed by atoms with E-state index in [1.807, 2.05) is 0 Å². The molecule has 14 nitrogen and oxygen atoms in total. The number of hydrogen-bond donors (Lipinski definition) is 4. The van der Waals surface area contributed by atoms with E-state index in [1.54, 1.807) is 0 Å². The lowest BCUT2D eigenvalue weighted by atomic mass is 10.0. The molecule has 340 valence electrons. The van der Waals surface area contributed by atoms with Crippen molar-refractivity contribution in [3.8, 4) is 0 Å². The Hall–Kier alpha value is -3.93. The highest BCUT2D eigenvalue weighted by Gasteiger charge is 2.35. The number of nitrogens with zero attached hydrogens (tertiary/aromatic N) is 2. The van der Waals surface area contributed by atoms with Gasteiger partial charge < -0.3 is 25.8 Å². The molecular weight excluding hydrogens is 939 g/mol. The average molecular weight is 980 g/mol. The summed E-state index contributed by atoms with van der Waals surface area (Å²) in [5, 5.41) is 5.04. The van der Waals surface area contributed by atoms with Crippen LogP contribution in [0.15, 0.2) is 60.7 Å². The fourth-order valence-electron chi connectivity index (χ4n) is 7.36. The Morgan fingerprint density at radius 3 is 1.52 bits per heavy atom. The van der Waals surface area contributed by atoms with Crippen LogP contribution in [0.1, 0.15) is 67.9 Å². The van der Waals surface area contributed by atoms with Crippen molar-refractivity contribution in [3.63, 3.8) is 0 Å². The molecule has 0 bridgehead atoms. The molecule has 2 saturated heterocycles. The molecule has 2 amide bonds. The van der Waals surface area contributed by atoms with Crippen molar-refractivity contribution in [2.75, 3.05) is 63.2 Å². The third-order valence-corrected chi connectivity index (χ3v) is 14.2. The summed E-state index contributed by atoms with van der Waals surface area (Å²) in [7, 11) is -2.28. The Bertz CT molecular complexity index is 2590. The zero-order valence-corrected chi connectivity index (χ0v) is 37.0. The van der Waals surface area contributed by atoms with Crippen LogP contribution in [0.4, 0.5) is 28.9 Å². The SMILES string of the molecule is N[C@H]1CCc2c(C(=O)Nc3ccc(F)c(Cl)c3)ccc(F)c21.O=C(Nc1ccc(F)c(Cl)c1)c1ccc(F)c2c1CC[C@@H]2NS(=O)(=O)N1CCOCC1.O=S(=O)(Cl)N1CCOCC1. The lowest BCUT2D eigenvalue weighted by molar-refractivity contribution is 0.0723. The summed E-state index contributed by atoms with van der Waals surface area (Å²) in [5.41, 5.74) is 8.80. The molecule has 2 heterocycles. The molecule has 0 radical (unpaired) electrons. The number of morpholine rings is 2. The van der Waals surface area contributed by atoms with E-state index >= 15 is 0 Å². The summed E-state index contributed by atoms with van der Waals surface area (Å²) < 4.78 is 117. The fraction of sp³-hybridized carbons (Fsp3) is 0.350. The second-order valence-electron chi connectivity index (χ2n) is 14.5. The smallest absolute Gasteiger partial charge is 0.299 e. The molecule has 2 aliphatic heterocycles. The van der Waals surface area contributed by atoms with Crippen LogP contribution in [0.5, 0.6) is 0 Å². The number of hydrogen-bond acceptors (Lipinski definition) is 9. The number of carbonyl (C=O) groups excluding carboxylic acids is 2. The Balaban J connectivity index is 0.000000178. The summed E-state index contributed by atoms with van der Waals surface area (Å²) >= 11 is 11.4. The number of amides is 2. The molecule has 4 aliphatic rings. The van der Waals surface area contributed by atoms with Crippen molar-refractivity contribution in [3.05, 3.63) is 127 Å².